The van der Waals surface area contributed by atoms with Gasteiger partial charge in [-0.05, 0) is 36.3 Å². The van der Waals surface area contributed by atoms with Crippen LogP contribution < -0.4 is 22.5 Å². The number of fused-ring (bicyclic) bond motifs is 2. The van der Waals surface area contributed by atoms with Gasteiger partial charge < -0.3 is 32.7 Å². The van der Waals surface area contributed by atoms with Gasteiger partial charge in [-0.25, -0.2) is 19.9 Å². The lowest BCUT2D eigenvalue weighted by Gasteiger charge is -2.22. The van der Waals surface area contributed by atoms with Gasteiger partial charge in [0.15, 0.2) is 0 Å². The second kappa shape index (κ2) is 15.4. The highest BCUT2D eigenvalue weighted by Crippen LogP contribution is 2.27. The molecule has 9 N–H and O–H groups in total. The normalized spacial score (nSPS) is 16.2. The zero-order valence-electron chi connectivity index (χ0n) is 22.6. The van der Waals surface area contributed by atoms with E-state index in [9.17, 15) is 5.11 Å². The molecule has 2 aromatic rings. The van der Waals surface area contributed by atoms with Gasteiger partial charge in [-0.1, -0.05) is 52.7 Å². The summed E-state index contributed by atoms with van der Waals surface area (Å²) in [5.41, 5.74) is 22.0. The van der Waals surface area contributed by atoms with Crippen LogP contribution in [0.25, 0.3) is 11.6 Å². The van der Waals surface area contributed by atoms with Crippen LogP contribution in [0.2, 0.25) is 0 Å². The highest BCUT2D eigenvalue weighted by atomic mass is 16.3. The summed E-state index contributed by atoms with van der Waals surface area (Å²) >= 11 is 0. The van der Waals surface area contributed by atoms with Crippen molar-refractivity contribution < 1.29 is 10.2 Å². The summed E-state index contributed by atoms with van der Waals surface area (Å²) in [5.74, 6) is 2.06. The van der Waals surface area contributed by atoms with Crippen molar-refractivity contribution >= 4 is 23.3 Å². The minimum atomic E-state index is -0.0278. The number of nitrogens with one attached hydrogen (secondary N) is 1. The maximum Gasteiger partial charge on any atom is 0.130 e. The Morgan fingerprint density at radius 2 is 1.54 bits per heavy atom. The molecule has 2 aliphatic carbocycles. The van der Waals surface area contributed by atoms with Crippen molar-refractivity contribution in [3.8, 4) is 0 Å². The molecule has 37 heavy (non-hydrogen) atoms. The van der Waals surface area contributed by atoms with E-state index in [1.807, 2.05) is 19.1 Å². The van der Waals surface area contributed by atoms with Crippen molar-refractivity contribution in [2.24, 2.45) is 17.6 Å². The van der Waals surface area contributed by atoms with E-state index in [0.717, 1.165) is 53.8 Å². The minimum Gasteiger partial charge on any atom is -0.395 e. The first-order valence-electron chi connectivity index (χ1n) is 13.0. The van der Waals surface area contributed by atoms with E-state index in [2.05, 4.69) is 52.1 Å². The van der Waals surface area contributed by atoms with Crippen molar-refractivity contribution in [1.29, 1.82) is 0 Å². The summed E-state index contributed by atoms with van der Waals surface area (Å²) in [6.07, 6.45) is 12.9. The van der Waals surface area contributed by atoms with Crippen LogP contribution in [-0.4, -0.2) is 62.0 Å². The molecule has 4 rings (SSSR count). The standard InChI is InChI=1S/C14H22N4O.C7H7N3.C6H15NO/c1-3-9(2)12(7-19)16-6-10-4-5-11-13(10)17-8-18-14(11)15;8-7-5-2-1-3-6(5)9-4-10-7;1-3-5(2)6(7)4-8/h4,8-9,12,16,19H,3,5-7H2,1-2H3,(H2,15,17,18);1,3-4H,2H2,(H2,8,9,10);5-6,8H,3-4,7H2,1-2H3/t9-,12+;;5-,6+/m0.0/s1. The molecular weight excluding hydrogens is 468 g/mol. The molecule has 0 saturated heterocycles. The Hall–Kier alpha value is -2.92. The smallest absolute Gasteiger partial charge is 0.130 e. The molecule has 4 atom stereocenters. The third-order valence-electron chi connectivity index (χ3n) is 7.11. The number of aromatic nitrogens is 4. The zero-order chi connectivity index (χ0) is 27.4. The van der Waals surface area contributed by atoms with Crippen LogP contribution in [0.5, 0.6) is 0 Å². The highest BCUT2D eigenvalue weighted by molar-refractivity contribution is 5.74. The summed E-state index contributed by atoms with van der Waals surface area (Å²) < 4.78 is 0. The lowest BCUT2D eigenvalue weighted by atomic mass is 9.99. The first-order chi connectivity index (χ1) is 17.8. The van der Waals surface area contributed by atoms with Gasteiger partial charge in [0, 0.05) is 29.8 Å². The Labute approximate surface area is 220 Å². The van der Waals surface area contributed by atoms with Crippen LogP contribution in [0.3, 0.4) is 0 Å². The predicted octanol–water partition coefficient (Wildman–Crippen LogP) is 1.98. The second-order valence-electron chi connectivity index (χ2n) is 9.54. The topological polar surface area (TPSA) is 182 Å². The van der Waals surface area contributed by atoms with Gasteiger partial charge in [0.25, 0.3) is 0 Å². The van der Waals surface area contributed by atoms with E-state index in [1.165, 1.54) is 12.7 Å². The van der Waals surface area contributed by atoms with Gasteiger partial charge in [0.2, 0.25) is 0 Å². The molecule has 0 unspecified atom stereocenters. The first-order valence-corrected chi connectivity index (χ1v) is 13.0. The predicted molar refractivity (Wildman–Crippen MR) is 150 cm³/mol. The Balaban J connectivity index is 0.000000223. The van der Waals surface area contributed by atoms with Crippen molar-refractivity contribution in [2.45, 2.75) is 65.5 Å². The molecule has 2 heterocycles. The van der Waals surface area contributed by atoms with Gasteiger partial charge in [0.05, 0.1) is 24.6 Å². The molecule has 2 aromatic heterocycles. The number of nitrogens with zero attached hydrogens (tertiary/aromatic N) is 4. The van der Waals surface area contributed by atoms with Crippen molar-refractivity contribution in [1.82, 2.24) is 25.3 Å². The molecule has 0 bridgehead atoms. The average Bonchev–Trinajstić information content (AvgIpc) is 3.57. The molecule has 0 aliphatic heterocycles. The molecule has 0 aromatic carbocycles. The monoisotopic (exact) mass is 512 g/mol. The number of aliphatic hydroxyl groups is 2. The largest absolute Gasteiger partial charge is 0.395 e. The lowest BCUT2D eigenvalue weighted by Crippen LogP contribution is -2.38. The first kappa shape index (κ1) is 30.3. The lowest BCUT2D eigenvalue weighted by molar-refractivity contribution is 0.206. The number of anilines is 2. The molecule has 204 valence electrons. The van der Waals surface area contributed by atoms with Crippen LogP contribution in [0.15, 0.2) is 24.8 Å². The number of nitrogen functional groups attached to an aromatic ring is 2. The fourth-order valence-corrected chi connectivity index (χ4v) is 3.92. The van der Waals surface area contributed by atoms with Gasteiger partial charge in [-0.2, -0.15) is 0 Å². The van der Waals surface area contributed by atoms with Gasteiger partial charge in [-0.15, -0.1) is 0 Å². The molecule has 10 nitrogen and oxygen atoms in total. The number of hydrogen-bond donors (Lipinski definition) is 6. The quantitative estimate of drug-likeness (QED) is 0.290. The number of hydrogen-bond acceptors (Lipinski definition) is 10. The minimum absolute atomic E-state index is 0.0278. The molecule has 2 aliphatic rings. The Morgan fingerprint density at radius 3 is 2.11 bits per heavy atom. The molecule has 0 saturated carbocycles. The molecule has 0 fully saturated rings. The van der Waals surface area contributed by atoms with Crippen molar-refractivity contribution in [3.05, 3.63) is 47.3 Å². The Kier molecular flexibility index (Phi) is 12.6. The summed E-state index contributed by atoms with van der Waals surface area (Å²) in [6.45, 7) is 9.36. The molecule has 0 amide bonds. The summed E-state index contributed by atoms with van der Waals surface area (Å²) in [7, 11) is 0. The van der Waals surface area contributed by atoms with E-state index in [1.54, 1.807) is 0 Å². The van der Waals surface area contributed by atoms with E-state index < -0.39 is 0 Å². The third-order valence-corrected chi connectivity index (χ3v) is 7.11. The second-order valence-corrected chi connectivity index (χ2v) is 9.54. The Morgan fingerprint density at radius 1 is 0.892 bits per heavy atom. The number of aliphatic hydroxyl groups excluding tert-OH is 2. The van der Waals surface area contributed by atoms with E-state index >= 15 is 0 Å². The third kappa shape index (κ3) is 8.57. The molecular formula is C27H44N8O2. The van der Waals surface area contributed by atoms with Gasteiger partial charge in [0.1, 0.15) is 24.3 Å². The van der Waals surface area contributed by atoms with Crippen LogP contribution in [0.4, 0.5) is 11.6 Å². The summed E-state index contributed by atoms with van der Waals surface area (Å²) in [6, 6.07) is 0.0918. The molecule has 10 heteroatoms. The van der Waals surface area contributed by atoms with Crippen LogP contribution in [-0.2, 0) is 12.8 Å². The SMILES string of the molecule is CC[C@H](C)[C@@H](CO)NCC1=CCc2c(N)ncnc21.CC[C@H](C)[C@H](N)CO.Nc1ncnc2c1CC=C2. The van der Waals surface area contributed by atoms with E-state index in [-0.39, 0.29) is 25.3 Å². The highest BCUT2D eigenvalue weighted by Gasteiger charge is 2.20. The molecule has 0 radical (unpaired) electrons. The zero-order valence-corrected chi connectivity index (χ0v) is 22.6. The fraction of sp³-hybridized carbons (Fsp3) is 0.556. The van der Waals surface area contributed by atoms with Crippen LogP contribution in [0.1, 0.15) is 63.1 Å². The van der Waals surface area contributed by atoms with Crippen LogP contribution >= 0.6 is 0 Å². The maximum absolute atomic E-state index is 9.41. The van der Waals surface area contributed by atoms with Crippen molar-refractivity contribution in [3.63, 3.8) is 0 Å². The number of rotatable bonds is 9. The number of allylic oxidation sites excluding steroid dienone is 2. The summed E-state index contributed by atoms with van der Waals surface area (Å²) in [4.78, 5) is 16.2. The summed E-state index contributed by atoms with van der Waals surface area (Å²) in [5, 5.41) is 21.3. The van der Waals surface area contributed by atoms with Gasteiger partial charge >= 0.3 is 0 Å². The maximum atomic E-state index is 9.41. The molecule has 0 spiro atoms. The van der Waals surface area contributed by atoms with Crippen LogP contribution in [0, 0.1) is 11.8 Å². The Bertz CT molecular complexity index is 1040. The van der Waals surface area contributed by atoms with Crippen molar-refractivity contribution in [2.75, 3.05) is 31.2 Å². The van der Waals surface area contributed by atoms with E-state index in [0.29, 0.717) is 30.0 Å². The average molecular weight is 513 g/mol. The fourth-order valence-electron chi connectivity index (χ4n) is 3.92. The van der Waals surface area contributed by atoms with E-state index in [4.69, 9.17) is 22.3 Å². The number of nitrogens with two attached hydrogens (primary N) is 3. The van der Waals surface area contributed by atoms with Gasteiger partial charge in [-0.3, -0.25) is 0 Å².